The van der Waals surface area contributed by atoms with Crippen molar-refractivity contribution in [3.63, 3.8) is 0 Å². The van der Waals surface area contributed by atoms with Gasteiger partial charge in [0.1, 0.15) is 5.75 Å². The van der Waals surface area contributed by atoms with E-state index in [9.17, 15) is 21.6 Å². The molecule has 2 unspecified atom stereocenters. The number of hydrogen-bond acceptors (Lipinski definition) is 16. The van der Waals surface area contributed by atoms with Crippen LogP contribution in [0.25, 0.3) is 55.4 Å². The number of aryl methyl sites for hydroxylation is 2. The van der Waals surface area contributed by atoms with Gasteiger partial charge in [-0.05, 0) is 111 Å². The lowest BCUT2D eigenvalue weighted by atomic mass is 10.1. The van der Waals surface area contributed by atoms with Crippen LogP contribution < -0.4 is 14.0 Å². The summed E-state index contributed by atoms with van der Waals surface area (Å²) >= 11 is 6.72. The Morgan fingerprint density at radius 2 is 1.26 bits per heavy atom. The van der Waals surface area contributed by atoms with Gasteiger partial charge in [0.15, 0.2) is 21.2 Å². The van der Waals surface area contributed by atoms with Gasteiger partial charge in [-0.1, -0.05) is 0 Å². The van der Waals surface area contributed by atoms with Crippen molar-refractivity contribution in [3.05, 3.63) is 127 Å². The molecule has 0 spiro atoms. The lowest BCUT2D eigenvalue weighted by Crippen LogP contribution is -2.43. The number of nitrogens with zero attached hydrogens (tertiary/aromatic N) is 13. The third-order valence-electron chi connectivity index (χ3n) is 12.2. The van der Waals surface area contributed by atoms with Crippen molar-refractivity contribution in [1.29, 1.82) is 0 Å². The van der Waals surface area contributed by atoms with E-state index in [1.807, 2.05) is 91.3 Å². The van der Waals surface area contributed by atoms with Gasteiger partial charge in [-0.15, -0.1) is 10.2 Å². The number of halogens is 3. The van der Waals surface area contributed by atoms with E-state index in [1.165, 1.54) is 12.1 Å². The molecule has 74 heavy (non-hydrogen) atoms. The number of rotatable bonds is 8. The smallest absolute Gasteiger partial charge is 0.377 e. The number of anilines is 2. The SMILES string of the molecule is CC1COCCN1c1cnc2ccc(OS(=O)(=O)C(F)(F)F)cc2c1.CC1COCCN1c1cnc2ccc(Sc3nnc4ccc(-c5cnn(C)c5)cn34)cc2c1.Cn1cc(-c2ccc3n[nH]c(=S)n3c2)cn1. The number of H-pyrrole nitrogens is 1. The number of morpholine rings is 2. The molecule has 2 atom stereocenters. The van der Waals surface area contributed by atoms with Crippen LogP contribution in [0.5, 0.6) is 5.75 Å². The van der Waals surface area contributed by atoms with Gasteiger partial charge in [-0.3, -0.25) is 33.2 Å². The fraction of sp³-hybridized carbons (Fsp3) is 0.265. The van der Waals surface area contributed by atoms with Crippen LogP contribution in [-0.4, -0.2) is 124 Å². The zero-order valence-electron chi connectivity index (χ0n) is 40.2. The van der Waals surface area contributed by atoms with E-state index >= 15 is 0 Å². The number of aromatic nitrogens is 12. The number of aromatic amines is 1. The molecule has 12 rings (SSSR count). The highest BCUT2D eigenvalue weighted by Crippen LogP contribution is 2.33. The summed E-state index contributed by atoms with van der Waals surface area (Å²) in [6.45, 7) is 8.33. The van der Waals surface area contributed by atoms with Gasteiger partial charge in [-0.25, -0.2) is 0 Å². The molecule has 0 saturated carbocycles. The highest BCUT2D eigenvalue weighted by molar-refractivity contribution is 7.99. The molecule has 1 N–H and O–H groups in total. The summed E-state index contributed by atoms with van der Waals surface area (Å²) in [6, 6.07) is 22.5. The Kier molecular flexibility index (Phi) is 14.1. The predicted molar refractivity (Wildman–Crippen MR) is 276 cm³/mol. The van der Waals surface area contributed by atoms with Crippen molar-refractivity contribution in [2.45, 2.75) is 41.5 Å². The fourth-order valence-corrected chi connectivity index (χ4v) is 9.96. The number of fused-ring (bicyclic) bond motifs is 4. The van der Waals surface area contributed by atoms with Gasteiger partial charge in [0.2, 0.25) is 0 Å². The second-order valence-electron chi connectivity index (χ2n) is 17.5. The third-order valence-corrected chi connectivity index (χ3v) is 14.5. The maximum atomic E-state index is 12.4. The normalized spacial score (nSPS) is 16.3. The van der Waals surface area contributed by atoms with E-state index in [-0.39, 0.29) is 6.04 Å². The number of pyridine rings is 4. The lowest BCUT2D eigenvalue weighted by molar-refractivity contribution is -0.0500. The minimum absolute atomic E-state index is 0.123. The Morgan fingerprint density at radius 3 is 1.82 bits per heavy atom. The molecule has 2 saturated heterocycles. The summed E-state index contributed by atoms with van der Waals surface area (Å²) in [4.78, 5) is 14.5. The summed E-state index contributed by atoms with van der Waals surface area (Å²) in [7, 11) is -1.89. The first-order valence-corrected chi connectivity index (χ1v) is 25.8. The Hall–Kier alpha value is -7.45. The first-order chi connectivity index (χ1) is 35.5. The van der Waals surface area contributed by atoms with Gasteiger partial charge in [0, 0.05) is 102 Å². The van der Waals surface area contributed by atoms with Crippen LogP contribution in [0, 0.1) is 4.77 Å². The average molecular weight is 1070 g/mol. The molecule has 2 aromatic carbocycles. The van der Waals surface area contributed by atoms with Crippen LogP contribution in [0.4, 0.5) is 24.5 Å². The number of alkyl halides is 3. The van der Waals surface area contributed by atoms with Crippen molar-refractivity contribution in [2.75, 3.05) is 49.3 Å². The highest BCUT2D eigenvalue weighted by atomic mass is 32.2. The van der Waals surface area contributed by atoms with E-state index in [1.54, 1.807) is 33.4 Å². The van der Waals surface area contributed by atoms with Gasteiger partial charge in [0.25, 0.3) is 0 Å². The Labute approximate surface area is 430 Å². The van der Waals surface area contributed by atoms with Crippen LogP contribution in [-0.2, 0) is 33.7 Å². The van der Waals surface area contributed by atoms with Crippen molar-refractivity contribution in [3.8, 4) is 28.0 Å². The van der Waals surface area contributed by atoms with Crippen molar-refractivity contribution >= 4 is 78.6 Å². The maximum Gasteiger partial charge on any atom is 0.534 e. The molecule has 10 heterocycles. The second-order valence-corrected chi connectivity index (χ2v) is 20.5. The third kappa shape index (κ3) is 10.9. The van der Waals surface area contributed by atoms with Crippen LogP contribution in [0.3, 0.4) is 0 Å². The molecule has 25 heteroatoms. The molecule has 2 aliphatic heterocycles. The monoisotopic (exact) mass is 1060 g/mol. The predicted octanol–water partition coefficient (Wildman–Crippen LogP) is 8.53. The average Bonchev–Trinajstić information content (AvgIpc) is 4.21. The minimum Gasteiger partial charge on any atom is -0.377 e. The Morgan fingerprint density at radius 1 is 0.689 bits per heavy atom. The second kappa shape index (κ2) is 20.8. The first-order valence-electron chi connectivity index (χ1n) is 23.1. The van der Waals surface area contributed by atoms with E-state index in [0.29, 0.717) is 41.5 Å². The summed E-state index contributed by atoms with van der Waals surface area (Å²) < 4.78 is 82.7. The van der Waals surface area contributed by atoms with Crippen LogP contribution in [0.1, 0.15) is 13.8 Å². The molecule has 0 bridgehead atoms. The van der Waals surface area contributed by atoms with Crippen molar-refractivity contribution in [1.82, 2.24) is 58.7 Å². The topological polar surface area (TPSA) is 193 Å². The Balaban J connectivity index is 0.000000135. The zero-order chi connectivity index (χ0) is 51.7. The molecular formula is C49H47F3N14O5S3. The fourth-order valence-electron chi connectivity index (χ4n) is 8.45. The van der Waals surface area contributed by atoms with E-state index in [4.69, 9.17) is 26.7 Å². The molecule has 0 radical (unpaired) electrons. The van der Waals surface area contributed by atoms with E-state index < -0.39 is 21.4 Å². The van der Waals surface area contributed by atoms with Crippen LogP contribution >= 0.6 is 24.0 Å². The molecular weight excluding hydrogens is 1020 g/mol. The number of nitrogens with one attached hydrogen (secondary N) is 1. The molecule has 10 aromatic rings. The van der Waals surface area contributed by atoms with Gasteiger partial charge in [-0.2, -0.15) is 36.9 Å². The van der Waals surface area contributed by atoms with E-state index in [2.05, 4.69) is 86.9 Å². The zero-order valence-corrected chi connectivity index (χ0v) is 42.6. The summed E-state index contributed by atoms with van der Waals surface area (Å²) in [5.41, 5.74) is 3.82. The number of ether oxygens (including phenoxy) is 2. The number of hydrogen-bond donors (Lipinski definition) is 1. The molecule has 2 fully saturated rings. The van der Waals surface area contributed by atoms with Gasteiger partial charge in [0.05, 0.1) is 73.6 Å². The van der Waals surface area contributed by atoms with Crippen molar-refractivity contribution in [2.24, 2.45) is 14.1 Å². The molecule has 2 aliphatic rings. The largest absolute Gasteiger partial charge is 0.534 e. The highest BCUT2D eigenvalue weighted by Gasteiger charge is 2.48. The summed E-state index contributed by atoms with van der Waals surface area (Å²) in [6.07, 6.45) is 15.3. The van der Waals surface area contributed by atoms with Gasteiger partial charge < -0.3 is 23.5 Å². The molecule has 8 aromatic heterocycles. The lowest BCUT2D eigenvalue weighted by Gasteiger charge is -2.35. The first kappa shape index (κ1) is 50.1. The van der Waals surface area contributed by atoms with E-state index in [0.717, 1.165) is 91.7 Å². The van der Waals surface area contributed by atoms with Crippen molar-refractivity contribution < 1.29 is 35.2 Å². The van der Waals surface area contributed by atoms with Gasteiger partial charge >= 0.3 is 15.6 Å². The Bertz CT molecular complexity index is 3820. The maximum absolute atomic E-state index is 12.4. The minimum atomic E-state index is -5.71. The van der Waals surface area contributed by atoms with Crippen LogP contribution in [0.15, 0.2) is 132 Å². The van der Waals surface area contributed by atoms with Crippen LogP contribution in [0.2, 0.25) is 0 Å². The number of benzene rings is 2. The molecule has 0 amide bonds. The molecule has 382 valence electrons. The summed E-state index contributed by atoms with van der Waals surface area (Å²) in [5.74, 6) is -0.418. The molecule has 0 aliphatic carbocycles. The quantitative estimate of drug-likeness (QED) is 0.0864. The standard InChI is InChI=1S/C24H23N7OS.C15H15F3N2O4S.C10H9N5S/c1-16-15-32-8-7-30(16)20-9-18-10-21(4-5-22(18)25-12-20)33-24-28-27-23-6-3-17(14-31(23)24)19-11-26-29(2)13-19;1-10-9-23-5-4-20(10)12-6-11-7-13(2-3-14(11)19-8-12)24-25(21,22)15(16,17)18;1-14-5-8(4-11-14)7-2-3-9-12-13-10(16)15(9)6-7/h3-6,9-14,16H,7-8,15H2,1-2H3;2-3,6-8,10H,4-5,9H2,1H3;2-6H,1H3,(H,13,16). The summed E-state index contributed by atoms with van der Waals surface area (Å²) in [5, 5.41) is 26.4. The molecule has 19 nitrogen and oxygen atoms in total.